The van der Waals surface area contributed by atoms with Crippen molar-refractivity contribution in [3.05, 3.63) is 58.9 Å². The number of nitrogens with zero attached hydrogens (tertiary/aromatic N) is 2. The fourth-order valence-corrected chi connectivity index (χ4v) is 4.91. The Labute approximate surface area is 194 Å². The molecule has 1 atom stereocenters. The van der Waals surface area contributed by atoms with E-state index >= 15 is 0 Å². The van der Waals surface area contributed by atoms with Gasteiger partial charge in [-0.3, -0.25) is 14.2 Å². The molecule has 1 heterocycles. The number of carbonyl (C=O) groups excluding carboxylic acids is 1. The van der Waals surface area contributed by atoms with E-state index in [9.17, 15) is 18.4 Å². The molecule has 1 saturated carbocycles. The van der Waals surface area contributed by atoms with Gasteiger partial charge >= 0.3 is 6.61 Å². The first kappa shape index (κ1) is 23.2. The van der Waals surface area contributed by atoms with Gasteiger partial charge in [0.1, 0.15) is 5.75 Å². The summed E-state index contributed by atoms with van der Waals surface area (Å²) in [6.07, 6.45) is 5.39. The highest BCUT2D eigenvalue weighted by Gasteiger charge is 2.23. The summed E-state index contributed by atoms with van der Waals surface area (Å²) in [5.41, 5.74) is 0.673. The van der Waals surface area contributed by atoms with E-state index in [0.717, 1.165) is 25.7 Å². The molecule has 0 saturated heterocycles. The Morgan fingerprint density at radius 2 is 1.82 bits per heavy atom. The van der Waals surface area contributed by atoms with Gasteiger partial charge in [-0.15, -0.1) is 0 Å². The van der Waals surface area contributed by atoms with E-state index in [0.29, 0.717) is 21.7 Å². The normalized spacial score (nSPS) is 15.5. The monoisotopic (exact) mass is 473 g/mol. The van der Waals surface area contributed by atoms with E-state index in [4.69, 9.17) is 0 Å². The predicted molar refractivity (Wildman–Crippen MR) is 124 cm³/mol. The van der Waals surface area contributed by atoms with Crippen LogP contribution in [0.2, 0.25) is 0 Å². The van der Waals surface area contributed by atoms with Crippen molar-refractivity contribution < 1.29 is 18.3 Å². The quantitative estimate of drug-likeness (QED) is 0.390. The van der Waals surface area contributed by atoms with Crippen molar-refractivity contribution in [1.29, 1.82) is 0 Å². The van der Waals surface area contributed by atoms with Crippen LogP contribution in [0.1, 0.15) is 39.0 Å². The fraction of sp³-hybridized carbons (Fsp3) is 0.375. The maximum absolute atomic E-state index is 13.3. The molecule has 1 aliphatic carbocycles. The number of carbonyl (C=O) groups is 1. The molecule has 0 aliphatic heterocycles. The van der Waals surface area contributed by atoms with E-state index in [1.165, 1.54) is 47.0 Å². The average Bonchev–Trinajstić information content (AvgIpc) is 2.80. The van der Waals surface area contributed by atoms with Crippen LogP contribution in [0.3, 0.4) is 0 Å². The van der Waals surface area contributed by atoms with Crippen molar-refractivity contribution in [3.8, 4) is 11.4 Å². The van der Waals surface area contributed by atoms with Gasteiger partial charge in [-0.2, -0.15) is 8.78 Å². The molecule has 1 aromatic heterocycles. The van der Waals surface area contributed by atoms with Gasteiger partial charge in [0.2, 0.25) is 5.91 Å². The first-order valence-electron chi connectivity index (χ1n) is 11.0. The molecule has 33 heavy (non-hydrogen) atoms. The Balaban J connectivity index is 1.66. The maximum Gasteiger partial charge on any atom is 0.387 e. The highest BCUT2D eigenvalue weighted by atomic mass is 32.2. The molecule has 1 aliphatic rings. The number of hydrogen-bond acceptors (Lipinski definition) is 5. The number of hydrogen-bond donors (Lipinski definition) is 1. The highest BCUT2D eigenvalue weighted by Crippen LogP contribution is 2.27. The van der Waals surface area contributed by atoms with Gasteiger partial charge < -0.3 is 10.1 Å². The van der Waals surface area contributed by atoms with Crippen molar-refractivity contribution in [2.24, 2.45) is 0 Å². The van der Waals surface area contributed by atoms with Gasteiger partial charge in [0.05, 0.1) is 21.8 Å². The Morgan fingerprint density at radius 3 is 2.52 bits per heavy atom. The molecule has 1 N–H and O–H groups in total. The zero-order chi connectivity index (χ0) is 23.4. The number of halogens is 2. The summed E-state index contributed by atoms with van der Waals surface area (Å²) in [6, 6.07) is 12.9. The molecule has 0 radical (unpaired) electrons. The molecule has 174 valence electrons. The highest BCUT2D eigenvalue weighted by molar-refractivity contribution is 8.00. The summed E-state index contributed by atoms with van der Waals surface area (Å²) in [6.45, 7) is -1.15. The van der Waals surface area contributed by atoms with Crippen LogP contribution in [-0.2, 0) is 4.79 Å². The van der Waals surface area contributed by atoms with Crippen LogP contribution in [-0.4, -0.2) is 33.4 Å². The molecule has 3 aromatic rings. The summed E-state index contributed by atoms with van der Waals surface area (Å²) in [5, 5.41) is 3.41. The van der Waals surface area contributed by atoms with Crippen molar-refractivity contribution in [3.63, 3.8) is 0 Å². The van der Waals surface area contributed by atoms with Crippen LogP contribution in [0.15, 0.2) is 58.5 Å². The first-order chi connectivity index (χ1) is 15.9. The number of amides is 1. The minimum Gasteiger partial charge on any atom is -0.435 e. The van der Waals surface area contributed by atoms with Gasteiger partial charge in [-0.25, -0.2) is 4.98 Å². The second kappa shape index (κ2) is 10.3. The molecular formula is C24H25F2N3O3S. The van der Waals surface area contributed by atoms with Crippen LogP contribution < -0.4 is 15.6 Å². The molecule has 1 fully saturated rings. The van der Waals surface area contributed by atoms with Gasteiger partial charge in [0, 0.05) is 6.04 Å². The van der Waals surface area contributed by atoms with E-state index in [2.05, 4.69) is 15.0 Å². The zero-order valence-corrected chi connectivity index (χ0v) is 19.0. The van der Waals surface area contributed by atoms with E-state index in [1.807, 2.05) is 0 Å². The lowest BCUT2D eigenvalue weighted by molar-refractivity contribution is -0.121. The number of rotatable bonds is 7. The van der Waals surface area contributed by atoms with Gasteiger partial charge in [0.25, 0.3) is 5.56 Å². The number of nitrogens with one attached hydrogen (secondary N) is 1. The van der Waals surface area contributed by atoms with Crippen molar-refractivity contribution >= 4 is 28.6 Å². The number of benzene rings is 2. The summed E-state index contributed by atoms with van der Waals surface area (Å²) < 4.78 is 30.8. The average molecular weight is 474 g/mol. The number of para-hydroxylation sites is 1. The first-order valence-corrected chi connectivity index (χ1v) is 11.8. The molecule has 6 nitrogen and oxygen atoms in total. The lowest BCUT2D eigenvalue weighted by Gasteiger charge is -2.24. The summed E-state index contributed by atoms with van der Waals surface area (Å²) in [5.74, 6) is -0.105. The van der Waals surface area contributed by atoms with Crippen LogP contribution >= 0.6 is 11.8 Å². The van der Waals surface area contributed by atoms with E-state index < -0.39 is 11.9 Å². The molecule has 1 amide bonds. The zero-order valence-electron chi connectivity index (χ0n) is 18.2. The number of aromatic nitrogens is 2. The third-order valence-electron chi connectivity index (χ3n) is 5.67. The standard InChI is InChI=1S/C24H25F2N3O3S/c1-15(21(30)27-16-7-3-2-4-8-16)33-24-28-20-10-6-5-9-19(20)22(31)29(24)17-11-13-18(14-12-17)32-23(25)26/h5-6,9-16,23H,2-4,7-8H2,1H3,(H,27,30). The fourth-order valence-electron chi connectivity index (χ4n) is 3.97. The van der Waals surface area contributed by atoms with E-state index in [-0.39, 0.29) is 23.3 Å². The smallest absolute Gasteiger partial charge is 0.387 e. The minimum atomic E-state index is -2.93. The summed E-state index contributed by atoms with van der Waals surface area (Å²) in [7, 11) is 0. The molecule has 1 unspecified atom stereocenters. The van der Waals surface area contributed by atoms with Crippen LogP contribution in [0, 0.1) is 0 Å². The summed E-state index contributed by atoms with van der Waals surface area (Å²) in [4.78, 5) is 30.8. The largest absolute Gasteiger partial charge is 0.435 e. The second-order valence-electron chi connectivity index (χ2n) is 8.03. The topological polar surface area (TPSA) is 73.2 Å². The third-order valence-corrected chi connectivity index (χ3v) is 6.72. The van der Waals surface area contributed by atoms with Crippen LogP contribution in [0.5, 0.6) is 5.75 Å². The molecule has 9 heteroatoms. The summed E-state index contributed by atoms with van der Waals surface area (Å²) >= 11 is 1.19. The van der Waals surface area contributed by atoms with Gasteiger partial charge in [0.15, 0.2) is 5.16 Å². The Morgan fingerprint density at radius 1 is 1.12 bits per heavy atom. The molecule has 2 aromatic carbocycles. The third kappa shape index (κ3) is 5.52. The molecule has 0 bridgehead atoms. The predicted octanol–water partition coefficient (Wildman–Crippen LogP) is 4.92. The van der Waals surface area contributed by atoms with Crippen LogP contribution in [0.25, 0.3) is 16.6 Å². The van der Waals surface area contributed by atoms with Gasteiger partial charge in [-0.05, 0) is 56.2 Å². The molecular weight excluding hydrogens is 448 g/mol. The number of thioether (sulfide) groups is 1. The SMILES string of the molecule is CC(Sc1nc2ccccc2c(=O)n1-c1ccc(OC(F)F)cc1)C(=O)NC1CCCCC1. The van der Waals surface area contributed by atoms with Crippen molar-refractivity contribution in [2.75, 3.05) is 0 Å². The lowest BCUT2D eigenvalue weighted by Crippen LogP contribution is -2.40. The molecule has 0 spiro atoms. The lowest BCUT2D eigenvalue weighted by atomic mass is 9.95. The van der Waals surface area contributed by atoms with Crippen molar-refractivity contribution in [1.82, 2.24) is 14.9 Å². The van der Waals surface area contributed by atoms with E-state index in [1.54, 1.807) is 31.2 Å². The Bertz CT molecular complexity index is 1180. The molecule has 4 rings (SSSR count). The number of ether oxygens (including phenoxy) is 1. The Hall–Kier alpha value is -2.94. The Kier molecular flexibility index (Phi) is 7.27. The van der Waals surface area contributed by atoms with Crippen LogP contribution in [0.4, 0.5) is 8.78 Å². The van der Waals surface area contributed by atoms with Gasteiger partial charge in [-0.1, -0.05) is 43.2 Å². The number of fused-ring (bicyclic) bond motifs is 1. The minimum absolute atomic E-state index is 0.00928. The second-order valence-corrected chi connectivity index (χ2v) is 9.34. The number of alkyl halides is 2. The van der Waals surface area contributed by atoms with Crippen molar-refractivity contribution in [2.45, 2.75) is 62.1 Å². The maximum atomic E-state index is 13.3.